The van der Waals surface area contributed by atoms with Crippen molar-refractivity contribution >= 4 is 42.1 Å². The molecule has 2 rings (SSSR count). The van der Waals surface area contributed by atoms with E-state index < -0.39 is 6.04 Å². The normalized spacial score (nSPS) is 12.5. The molecule has 0 radical (unpaired) electrons. The van der Waals surface area contributed by atoms with Gasteiger partial charge in [0.1, 0.15) is 5.01 Å². The zero-order valence-electron chi connectivity index (χ0n) is 12.3. The quantitative estimate of drug-likeness (QED) is 0.830. The van der Waals surface area contributed by atoms with Crippen LogP contribution in [-0.2, 0) is 11.2 Å². The Kier molecular flexibility index (Phi) is 10.0. The number of aromatic nitrogens is 1. The average molecular weight is 362 g/mol. The Morgan fingerprint density at radius 2 is 2.00 bits per heavy atom. The maximum Gasteiger partial charge on any atom is 0.237 e. The summed E-state index contributed by atoms with van der Waals surface area (Å²) in [4.78, 5) is 16.4. The number of nitrogens with two attached hydrogens (primary N) is 1. The molecular formula is C15H21Cl2N3OS. The minimum absolute atomic E-state index is 0. The summed E-state index contributed by atoms with van der Waals surface area (Å²) in [5.74, 6) is -0.129. The maximum absolute atomic E-state index is 12.2. The second-order valence-electron chi connectivity index (χ2n) is 4.64. The number of carbonyl (C=O) groups is 1. The molecular weight excluding hydrogens is 341 g/mol. The second-order valence-corrected chi connectivity index (χ2v) is 5.56. The van der Waals surface area contributed by atoms with Crippen molar-refractivity contribution in [2.45, 2.75) is 31.8 Å². The lowest BCUT2D eigenvalue weighted by Crippen LogP contribution is -2.43. The summed E-state index contributed by atoms with van der Waals surface area (Å²) >= 11 is 1.55. The highest BCUT2D eigenvalue weighted by Gasteiger charge is 2.19. The van der Waals surface area contributed by atoms with Crippen LogP contribution in [0.4, 0.5) is 0 Å². The van der Waals surface area contributed by atoms with Crippen molar-refractivity contribution in [3.63, 3.8) is 0 Å². The van der Waals surface area contributed by atoms with Crippen LogP contribution in [0.5, 0.6) is 0 Å². The van der Waals surface area contributed by atoms with E-state index in [9.17, 15) is 4.79 Å². The van der Waals surface area contributed by atoms with Gasteiger partial charge in [-0.2, -0.15) is 0 Å². The van der Waals surface area contributed by atoms with Crippen LogP contribution in [0.25, 0.3) is 0 Å². The molecule has 0 aliphatic heterocycles. The molecule has 0 saturated carbocycles. The number of amides is 1. The first-order valence-electron chi connectivity index (χ1n) is 6.70. The van der Waals surface area contributed by atoms with Gasteiger partial charge in [0.05, 0.1) is 12.1 Å². The van der Waals surface area contributed by atoms with Crippen molar-refractivity contribution in [2.75, 3.05) is 0 Å². The molecule has 0 bridgehead atoms. The average Bonchev–Trinajstić information content (AvgIpc) is 2.99. The molecule has 1 heterocycles. The van der Waals surface area contributed by atoms with Gasteiger partial charge in [0.25, 0.3) is 0 Å². The van der Waals surface area contributed by atoms with E-state index in [4.69, 9.17) is 5.73 Å². The van der Waals surface area contributed by atoms with Gasteiger partial charge in [-0.25, -0.2) is 4.98 Å². The van der Waals surface area contributed by atoms with E-state index in [1.807, 2.05) is 42.6 Å². The van der Waals surface area contributed by atoms with Crippen molar-refractivity contribution in [2.24, 2.45) is 5.73 Å². The number of halogens is 2. The summed E-state index contributed by atoms with van der Waals surface area (Å²) in [7, 11) is 0. The fourth-order valence-corrected chi connectivity index (χ4v) is 2.76. The Labute approximate surface area is 147 Å². The molecule has 0 spiro atoms. The Morgan fingerprint density at radius 3 is 2.55 bits per heavy atom. The van der Waals surface area contributed by atoms with Gasteiger partial charge in [-0.15, -0.1) is 36.2 Å². The summed E-state index contributed by atoms with van der Waals surface area (Å²) in [6, 6.07) is 9.21. The molecule has 3 N–H and O–H groups in total. The predicted molar refractivity (Wildman–Crippen MR) is 95.9 cm³/mol. The van der Waals surface area contributed by atoms with Crippen molar-refractivity contribution in [3.8, 4) is 0 Å². The van der Waals surface area contributed by atoms with E-state index in [0.717, 1.165) is 17.0 Å². The monoisotopic (exact) mass is 361 g/mol. The molecule has 4 nitrogen and oxygen atoms in total. The highest BCUT2D eigenvalue weighted by molar-refractivity contribution is 7.09. The zero-order valence-corrected chi connectivity index (χ0v) is 14.7. The Bertz CT molecular complexity index is 537. The minimum Gasteiger partial charge on any atom is -0.346 e. The first-order chi connectivity index (χ1) is 9.70. The minimum atomic E-state index is -0.536. The number of thiazole rings is 1. The van der Waals surface area contributed by atoms with Crippen LogP contribution in [0.15, 0.2) is 41.9 Å². The predicted octanol–water partition coefficient (Wildman–Crippen LogP) is 3.12. The fraction of sp³-hybridized carbons (Fsp3) is 0.333. The first-order valence-corrected chi connectivity index (χ1v) is 7.58. The van der Waals surface area contributed by atoms with Crippen LogP contribution < -0.4 is 11.1 Å². The Morgan fingerprint density at radius 1 is 1.32 bits per heavy atom. The number of carbonyl (C=O) groups excluding carboxylic acids is 1. The molecule has 2 aromatic rings. The van der Waals surface area contributed by atoms with Gasteiger partial charge in [-0.1, -0.05) is 37.3 Å². The third-order valence-electron chi connectivity index (χ3n) is 3.11. The van der Waals surface area contributed by atoms with Gasteiger partial charge in [-0.05, 0) is 18.4 Å². The zero-order chi connectivity index (χ0) is 14.4. The van der Waals surface area contributed by atoms with Crippen molar-refractivity contribution < 1.29 is 4.79 Å². The van der Waals surface area contributed by atoms with E-state index in [2.05, 4.69) is 10.3 Å². The number of benzene rings is 1. The molecule has 1 aromatic heterocycles. The number of hydrogen-bond acceptors (Lipinski definition) is 4. The highest BCUT2D eigenvalue weighted by Crippen LogP contribution is 2.18. The van der Waals surface area contributed by atoms with Crippen LogP contribution >= 0.6 is 36.2 Å². The van der Waals surface area contributed by atoms with Crippen LogP contribution in [0.1, 0.15) is 30.0 Å². The van der Waals surface area contributed by atoms with Crippen LogP contribution in [0.2, 0.25) is 0 Å². The van der Waals surface area contributed by atoms with Gasteiger partial charge in [-0.3, -0.25) is 4.79 Å². The van der Waals surface area contributed by atoms with Gasteiger partial charge in [0.15, 0.2) is 0 Å². The molecule has 0 aliphatic rings. The van der Waals surface area contributed by atoms with Crippen LogP contribution in [0, 0.1) is 0 Å². The lowest BCUT2D eigenvalue weighted by Gasteiger charge is -2.18. The molecule has 2 atom stereocenters. The SMILES string of the molecule is CCC(NC(=O)C(N)Cc1ccccc1)c1nccs1.Cl.Cl. The summed E-state index contributed by atoms with van der Waals surface area (Å²) in [6.07, 6.45) is 3.09. The fourth-order valence-electron chi connectivity index (χ4n) is 1.98. The van der Waals surface area contributed by atoms with E-state index in [0.29, 0.717) is 6.42 Å². The standard InChI is InChI=1S/C15H19N3OS.2ClH/c1-2-13(15-17-8-9-20-15)18-14(19)12(16)10-11-6-4-3-5-7-11;;/h3-9,12-13H,2,10,16H2,1H3,(H,18,19);2*1H. The van der Waals surface area contributed by atoms with Gasteiger partial charge < -0.3 is 11.1 Å². The summed E-state index contributed by atoms with van der Waals surface area (Å²) in [5.41, 5.74) is 7.04. The molecule has 122 valence electrons. The van der Waals surface area contributed by atoms with Crippen LogP contribution in [0.3, 0.4) is 0 Å². The molecule has 7 heteroatoms. The van der Waals surface area contributed by atoms with E-state index in [1.165, 1.54) is 0 Å². The summed E-state index contributed by atoms with van der Waals surface area (Å²) < 4.78 is 0. The third-order valence-corrected chi connectivity index (χ3v) is 4.00. The van der Waals surface area contributed by atoms with E-state index in [1.54, 1.807) is 17.5 Å². The lowest BCUT2D eigenvalue weighted by atomic mass is 10.1. The van der Waals surface area contributed by atoms with Gasteiger partial charge in [0.2, 0.25) is 5.91 Å². The Balaban J connectivity index is 0.00000220. The number of nitrogens with one attached hydrogen (secondary N) is 1. The van der Waals surface area contributed by atoms with Gasteiger partial charge in [0, 0.05) is 11.6 Å². The second kappa shape index (κ2) is 10.6. The third kappa shape index (κ3) is 5.93. The number of hydrogen-bond donors (Lipinski definition) is 2. The smallest absolute Gasteiger partial charge is 0.237 e. The topological polar surface area (TPSA) is 68.0 Å². The Hall–Kier alpha value is -1.14. The van der Waals surface area contributed by atoms with Crippen LogP contribution in [-0.4, -0.2) is 16.9 Å². The first kappa shape index (κ1) is 20.9. The van der Waals surface area contributed by atoms with E-state index in [-0.39, 0.29) is 36.8 Å². The highest BCUT2D eigenvalue weighted by atomic mass is 35.5. The van der Waals surface area contributed by atoms with Crippen molar-refractivity contribution in [3.05, 3.63) is 52.5 Å². The van der Waals surface area contributed by atoms with Gasteiger partial charge >= 0.3 is 0 Å². The molecule has 0 fully saturated rings. The summed E-state index contributed by atoms with van der Waals surface area (Å²) in [5, 5.41) is 5.81. The molecule has 0 aliphatic carbocycles. The number of rotatable bonds is 6. The molecule has 1 aromatic carbocycles. The lowest BCUT2D eigenvalue weighted by molar-refractivity contribution is -0.123. The molecule has 0 saturated heterocycles. The molecule has 1 amide bonds. The molecule has 2 unspecified atom stereocenters. The molecule has 22 heavy (non-hydrogen) atoms. The number of nitrogens with zero attached hydrogens (tertiary/aromatic N) is 1. The van der Waals surface area contributed by atoms with E-state index >= 15 is 0 Å². The summed E-state index contributed by atoms with van der Waals surface area (Å²) in [6.45, 7) is 2.02. The van der Waals surface area contributed by atoms with Crippen molar-refractivity contribution in [1.29, 1.82) is 0 Å². The van der Waals surface area contributed by atoms with Crippen molar-refractivity contribution in [1.82, 2.24) is 10.3 Å². The largest absolute Gasteiger partial charge is 0.346 e. The maximum atomic E-state index is 12.2.